The molecule has 2 amide bonds. The summed E-state index contributed by atoms with van der Waals surface area (Å²) < 4.78 is 20.8. The average Bonchev–Trinajstić information content (AvgIpc) is 3.21. The fraction of sp³-hybridized carbons (Fsp3) is 0.407. The van der Waals surface area contributed by atoms with E-state index in [9.17, 15) is 9.18 Å². The summed E-state index contributed by atoms with van der Waals surface area (Å²) in [5.74, 6) is 0.569. The van der Waals surface area contributed by atoms with E-state index in [1.165, 1.54) is 17.7 Å². The lowest BCUT2D eigenvalue weighted by atomic mass is 10.0. The van der Waals surface area contributed by atoms with E-state index in [-0.39, 0.29) is 17.9 Å². The van der Waals surface area contributed by atoms with E-state index < -0.39 is 0 Å². The van der Waals surface area contributed by atoms with Crippen molar-refractivity contribution in [3.8, 4) is 11.4 Å². The van der Waals surface area contributed by atoms with Crippen LogP contribution < -0.4 is 10.1 Å². The number of ether oxygens (including phenoxy) is 1. The molecule has 2 aromatic carbocycles. The van der Waals surface area contributed by atoms with Crippen LogP contribution >= 0.6 is 0 Å². The van der Waals surface area contributed by atoms with Gasteiger partial charge in [-0.3, -0.25) is 4.90 Å². The van der Waals surface area contributed by atoms with Gasteiger partial charge in [0.05, 0.1) is 30.7 Å². The van der Waals surface area contributed by atoms with Gasteiger partial charge in [0.2, 0.25) is 0 Å². The number of halogens is 1. The van der Waals surface area contributed by atoms with Crippen LogP contribution in [0.15, 0.2) is 48.5 Å². The Labute approximate surface area is 206 Å². The van der Waals surface area contributed by atoms with E-state index >= 15 is 0 Å². The fourth-order valence-electron chi connectivity index (χ4n) is 4.49. The van der Waals surface area contributed by atoms with Gasteiger partial charge in [0.15, 0.2) is 0 Å². The first-order valence-corrected chi connectivity index (χ1v) is 12.1. The number of rotatable bonds is 8. The molecule has 8 heteroatoms. The van der Waals surface area contributed by atoms with Crippen molar-refractivity contribution in [2.75, 3.05) is 20.2 Å². The number of urea groups is 1. The van der Waals surface area contributed by atoms with Crippen LogP contribution in [0.4, 0.5) is 9.18 Å². The second-order valence-corrected chi connectivity index (χ2v) is 9.13. The minimum absolute atomic E-state index is 0.0205. The molecule has 1 aromatic heterocycles. The van der Waals surface area contributed by atoms with Crippen molar-refractivity contribution < 1.29 is 13.9 Å². The molecule has 0 radical (unpaired) electrons. The van der Waals surface area contributed by atoms with Crippen LogP contribution in [0.3, 0.4) is 0 Å². The summed E-state index contributed by atoms with van der Waals surface area (Å²) in [6.45, 7) is 9.35. The van der Waals surface area contributed by atoms with Gasteiger partial charge < -0.3 is 15.0 Å². The molecule has 1 N–H and O–H groups in total. The number of nitrogens with zero attached hydrogens (tertiary/aromatic N) is 4. The van der Waals surface area contributed by atoms with Crippen molar-refractivity contribution in [3.05, 3.63) is 76.9 Å². The van der Waals surface area contributed by atoms with E-state index in [0.717, 1.165) is 54.4 Å². The third kappa shape index (κ3) is 5.65. The smallest absolute Gasteiger partial charge is 0.317 e. The van der Waals surface area contributed by atoms with Crippen LogP contribution in [0.5, 0.6) is 5.75 Å². The molecule has 2 heterocycles. The van der Waals surface area contributed by atoms with Gasteiger partial charge in [-0.1, -0.05) is 12.1 Å². The molecule has 1 aliphatic rings. The molecule has 7 nitrogen and oxygen atoms in total. The van der Waals surface area contributed by atoms with Gasteiger partial charge in [-0.2, -0.15) is 5.10 Å². The maximum absolute atomic E-state index is 13.6. The van der Waals surface area contributed by atoms with Gasteiger partial charge in [-0.15, -0.1) is 0 Å². The fourth-order valence-corrected chi connectivity index (χ4v) is 4.49. The third-order valence-electron chi connectivity index (χ3n) is 6.39. The van der Waals surface area contributed by atoms with E-state index in [2.05, 4.69) is 22.3 Å². The Morgan fingerprint density at radius 2 is 1.89 bits per heavy atom. The second kappa shape index (κ2) is 10.9. The predicted molar refractivity (Wildman–Crippen MR) is 134 cm³/mol. The van der Waals surface area contributed by atoms with Crippen molar-refractivity contribution >= 4 is 6.03 Å². The quantitative estimate of drug-likeness (QED) is 0.516. The number of hydrogen-bond acceptors (Lipinski definition) is 4. The number of nitrogens with one attached hydrogen (secondary N) is 1. The second-order valence-electron chi connectivity index (χ2n) is 9.13. The molecular formula is C27H34FN5O2. The van der Waals surface area contributed by atoms with Gasteiger partial charge in [0.1, 0.15) is 11.6 Å². The summed E-state index contributed by atoms with van der Waals surface area (Å²) in [5.41, 5.74) is 5.18. The Bertz CT molecular complexity index is 1140. The molecule has 1 aliphatic heterocycles. The third-order valence-corrected chi connectivity index (χ3v) is 6.39. The van der Waals surface area contributed by atoms with Crippen molar-refractivity contribution in [3.63, 3.8) is 0 Å². The van der Waals surface area contributed by atoms with Gasteiger partial charge in [-0.25, -0.2) is 13.9 Å². The monoisotopic (exact) mass is 479 g/mol. The molecule has 0 fully saturated rings. The number of carbonyl (C=O) groups excluding carboxylic acids is 1. The molecule has 0 saturated carbocycles. The van der Waals surface area contributed by atoms with Gasteiger partial charge in [0.25, 0.3) is 0 Å². The van der Waals surface area contributed by atoms with E-state index in [0.29, 0.717) is 13.1 Å². The molecule has 0 bridgehead atoms. The number of methoxy groups -OCH3 is 1. The summed E-state index contributed by atoms with van der Waals surface area (Å²) in [4.78, 5) is 17.0. The molecule has 0 spiro atoms. The number of aromatic nitrogens is 2. The zero-order valence-electron chi connectivity index (χ0n) is 20.9. The Morgan fingerprint density at radius 3 is 2.51 bits per heavy atom. The number of carbonyl (C=O) groups is 1. The number of benzene rings is 2. The number of fused-ring (bicyclic) bond motifs is 1. The highest BCUT2D eigenvalue weighted by Gasteiger charge is 2.28. The summed E-state index contributed by atoms with van der Waals surface area (Å²) in [5, 5.41) is 7.86. The Hall–Kier alpha value is -3.39. The molecule has 0 unspecified atom stereocenters. The Morgan fingerprint density at radius 1 is 1.17 bits per heavy atom. The first kappa shape index (κ1) is 24.7. The van der Waals surface area contributed by atoms with Crippen LogP contribution in [-0.2, 0) is 26.1 Å². The van der Waals surface area contributed by atoms with E-state index in [1.54, 1.807) is 19.2 Å². The maximum atomic E-state index is 13.6. The highest BCUT2D eigenvalue weighted by Crippen LogP contribution is 2.28. The molecule has 35 heavy (non-hydrogen) atoms. The minimum atomic E-state index is -0.275. The standard InChI is InChI=1S/C27H34FN5O2/c1-5-29-27(34)32(19(2)3)18-25-24-17-31(16-20-6-12-23(35-4)13-7-20)15-14-26(24)33(30-25)22-10-8-21(28)9-11-22/h6-13,19H,5,14-18H2,1-4H3,(H,29,34). The number of amides is 2. The first-order valence-electron chi connectivity index (χ1n) is 12.1. The summed E-state index contributed by atoms with van der Waals surface area (Å²) in [6, 6.07) is 14.5. The maximum Gasteiger partial charge on any atom is 0.317 e. The average molecular weight is 480 g/mol. The van der Waals surface area contributed by atoms with Crippen LogP contribution in [0.1, 0.15) is 43.3 Å². The van der Waals surface area contributed by atoms with Crippen molar-refractivity contribution in [2.24, 2.45) is 0 Å². The lowest BCUT2D eigenvalue weighted by Gasteiger charge is -2.29. The van der Waals surface area contributed by atoms with Crippen molar-refractivity contribution in [1.82, 2.24) is 24.9 Å². The Kier molecular flexibility index (Phi) is 7.70. The van der Waals surface area contributed by atoms with Crippen LogP contribution in [0.25, 0.3) is 5.69 Å². The highest BCUT2D eigenvalue weighted by molar-refractivity contribution is 5.74. The predicted octanol–water partition coefficient (Wildman–Crippen LogP) is 4.52. The molecule has 4 rings (SSSR count). The van der Waals surface area contributed by atoms with Crippen LogP contribution in [0, 0.1) is 5.82 Å². The van der Waals surface area contributed by atoms with Crippen LogP contribution in [0.2, 0.25) is 0 Å². The minimum Gasteiger partial charge on any atom is -0.497 e. The molecule has 0 atom stereocenters. The Balaban J connectivity index is 1.65. The first-order chi connectivity index (χ1) is 16.9. The lowest BCUT2D eigenvalue weighted by molar-refractivity contribution is 0.178. The highest BCUT2D eigenvalue weighted by atomic mass is 19.1. The van der Waals surface area contributed by atoms with Crippen LogP contribution in [-0.4, -0.2) is 51.9 Å². The van der Waals surface area contributed by atoms with Gasteiger partial charge in [-0.05, 0) is 62.7 Å². The molecule has 3 aromatic rings. The zero-order valence-corrected chi connectivity index (χ0v) is 20.9. The molecule has 0 aliphatic carbocycles. The van der Waals surface area contributed by atoms with Crippen molar-refractivity contribution in [1.29, 1.82) is 0 Å². The zero-order chi connectivity index (χ0) is 24.9. The topological polar surface area (TPSA) is 62.6 Å². The van der Waals surface area contributed by atoms with Gasteiger partial charge >= 0.3 is 6.03 Å². The molecule has 0 saturated heterocycles. The summed E-state index contributed by atoms with van der Waals surface area (Å²) in [6.07, 6.45) is 0.818. The summed E-state index contributed by atoms with van der Waals surface area (Å²) >= 11 is 0. The summed E-state index contributed by atoms with van der Waals surface area (Å²) in [7, 11) is 1.67. The normalized spacial score (nSPS) is 13.5. The van der Waals surface area contributed by atoms with Gasteiger partial charge in [0, 0.05) is 44.2 Å². The van der Waals surface area contributed by atoms with E-state index in [1.807, 2.05) is 42.5 Å². The van der Waals surface area contributed by atoms with Crippen molar-refractivity contribution in [2.45, 2.75) is 52.9 Å². The molecular weight excluding hydrogens is 445 g/mol. The largest absolute Gasteiger partial charge is 0.497 e. The molecule has 186 valence electrons. The van der Waals surface area contributed by atoms with E-state index in [4.69, 9.17) is 9.84 Å². The number of hydrogen-bond donors (Lipinski definition) is 1. The SMILES string of the molecule is CCNC(=O)N(Cc1nn(-c2ccc(F)cc2)c2c1CN(Cc1ccc(OC)cc1)CC2)C(C)C. The lowest BCUT2D eigenvalue weighted by Crippen LogP contribution is -2.43.